The van der Waals surface area contributed by atoms with Gasteiger partial charge in [-0.2, -0.15) is 0 Å². The van der Waals surface area contributed by atoms with E-state index >= 15 is 0 Å². The van der Waals surface area contributed by atoms with E-state index in [0.29, 0.717) is 0 Å². The maximum Gasteiger partial charge on any atom is 0.0995 e. The van der Waals surface area contributed by atoms with Crippen LogP contribution in [0.3, 0.4) is 0 Å². The van der Waals surface area contributed by atoms with Crippen molar-refractivity contribution in [3.8, 4) is 0 Å². The summed E-state index contributed by atoms with van der Waals surface area (Å²) < 4.78 is 2.78. The molecule has 1 N–H and O–H groups in total. The van der Waals surface area contributed by atoms with Gasteiger partial charge in [-0.25, -0.2) is 0 Å². The molecule has 0 aliphatic heterocycles. The van der Waals surface area contributed by atoms with E-state index in [-0.39, 0.29) is 6.04 Å². The van der Waals surface area contributed by atoms with Crippen LogP contribution in [0.5, 0.6) is 0 Å². The minimum atomic E-state index is 0.0902. The van der Waals surface area contributed by atoms with Gasteiger partial charge in [0.05, 0.1) is 14.7 Å². The van der Waals surface area contributed by atoms with Crippen LogP contribution in [0.15, 0.2) is 35.7 Å². The number of nitrogens with one attached hydrogen (secondary N) is 1. The van der Waals surface area contributed by atoms with Crippen molar-refractivity contribution >= 4 is 56.0 Å². The fourth-order valence-corrected chi connectivity index (χ4v) is 4.88. The number of fused-ring (bicyclic) bond motifs is 1. The van der Waals surface area contributed by atoms with Crippen LogP contribution in [-0.2, 0) is 0 Å². The SMILES string of the molecule is CCNC(c1cc(Cl)sc1Cl)c1csc2ccccc12. The van der Waals surface area contributed by atoms with E-state index in [9.17, 15) is 0 Å². The van der Waals surface area contributed by atoms with E-state index < -0.39 is 0 Å². The first kappa shape index (κ1) is 14.4. The van der Waals surface area contributed by atoms with E-state index in [2.05, 4.69) is 41.9 Å². The third kappa shape index (κ3) is 2.61. The average Bonchev–Trinajstić information content (AvgIpc) is 3.00. The highest BCUT2D eigenvalue weighted by Crippen LogP contribution is 2.40. The van der Waals surface area contributed by atoms with E-state index in [0.717, 1.165) is 20.8 Å². The molecule has 0 bridgehead atoms. The molecular weight excluding hydrogens is 329 g/mol. The summed E-state index contributed by atoms with van der Waals surface area (Å²) in [5.74, 6) is 0. The van der Waals surface area contributed by atoms with Crippen LogP contribution in [0, 0.1) is 0 Å². The smallest absolute Gasteiger partial charge is 0.0995 e. The minimum Gasteiger partial charge on any atom is -0.306 e. The highest BCUT2D eigenvalue weighted by atomic mass is 35.5. The summed E-state index contributed by atoms with van der Waals surface area (Å²) in [6, 6.07) is 10.5. The number of halogens is 2. The van der Waals surface area contributed by atoms with Gasteiger partial charge in [0.2, 0.25) is 0 Å². The van der Waals surface area contributed by atoms with Crippen LogP contribution >= 0.6 is 45.9 Å². The highest BCUT2D eigenvalue weighted by Gasteiger charge is 2.21. The topological polar surface area (TPSA) is 12.0 Å². The third-order valence-electron chi connectivity index (χ3n) is 3.22. The molecule has 0 radical (unpaired) electrons. The predicted octanol–water partition coefficient (Wildman–Crippen LogP) is 5.97. The molecule has 0 aliphatic carbocycles. The van der Waals surface area contributed by atoms with Crippen LogP contribution < -0.4 is 5.32 Å². The molecule has 0 amide bonds. The summed E-state index contributed by atoms with van der Waals surface area (Å²) >= 11 is 15.6. The summed E-state index contributed by atoms with van der Waals surface area (Å²) in [4.78, 5) is 0. The van der Waals surface area contributed by atoms with Crippen LogP contribution in [0.1, 0.15) is 24.1 Å². The van der Waals surface area contributed by atoms with Gasteiger partial charge >= 0.3 is 0 Å². The fourth-order valence-electron chi connectivity index (χ4n) is 2.36. The molecule has 0 fully saturated rings. The lowest BCUT2D eigenvalue weighted by molar-refractivity contribution is 0.638. The lowest BCUT2D eigenvalue weighted by atomic mass is 10.0. The number of thiophene rings is 2. The zero-order chi connectivity index (χ0) is 14.1. The van der Waals surface area contributed by atoms with E-state index in [1.165, 1.54) is 27.0 Å². The van der Waals surface area contributed by atoms with Crippen molar-refractivity contribution in [1.82, 2.24) is 5.32 Å². The second-order valence-electron chi connectivity index (χ2n) is 4.46. The zero-order valence-electron chi connectivity index (χ0n) is 10.8. The number of hydrogen-bond donors (Lipinski definition) is 1. The summed E-state index contributed by atoms with van der Waals surface area (Å²) in [6.45, 7) is 2.97. The van der Waals surface area contributed by atoms with Gasteiger partial charge < -0.3 is 5.32 Å². The fraction of sp³-hybridized carbons (Fsp3) is 0.200. The van der Waals surface area contributed by atoms with E-state index in [1.54, 1.807) is 11.3 Å². The molecule has 104 valence electrons. The number of benzene rings is 1. The Kier molecular flexibility index (Phi) is 4.34. The Morgan fingerprint density at radius 2 is 2.00 bits per heavy atom. The van der Waals surface area contributed by atoms with Gasteiger partial charge in [-0.15, -0.1) is 22.7 Å². The second kappa shape index (κ2) is 6.04. The molecule has 1 aromatic carbocycles. The Balaban J connectivity index is 2.13. The van der Waals surface area contributed by atoms with Crippen molar-refractivity contribution in [2.75, 3.05) is 6.54 Å². The lowest BCUT2D eigenvalue weighted by Crippen LogP contribution is -2.21. The first-order valence-corrected chi connectivity index (χ1v) is 8.80. The molecule has 1 atom stereocenters. The molecule has 0 aliphatic rings. The Hall–Kier alpha value is -0.580. The van der Waals surface area contributed by atoms with Crippen LogP contribution in [-0.4, -0.2) is 6.54 Å². The number of rotatable bonds is 4. The van der Waals surface area contributed by atoms with Crippen molar-refractivity contribution in [2.45, 2.75) is 13.0 Å². The molecule has 3 aromatic rings. The van der Waals surface area contributed by atoms with Crippen molar-refractivity contribution in [3.05, 3.63) is 55.5 Å². The maximum atomic E-state index is 6.34. The molecule has 3 rings (SSSR count). The quantitative estimate of drug-likeness (QED) is 0.616. The third-order valence-corrected chi connectivity index (χ3v) is 5.72. The summed E-state index contributed by atoms with van der Waals surface area (Å²) in [7, 11) is 0. The Morgan fingerprint density at radius 3 is 2.70 bits per heavy atom. The van der Waals surface area contributed by atoms with Crippen molar-refractivity contribution < 1.29 is 0 Å². The molecule has 1 unspecified atom stereocenters. The summed E-state index contributed by atoms with van der Waals surface area (Å²) in [5.41, 5.74) is 2.33. The largest absolute Gasteiger partial charge is 0.306 e. The van der Waals surface area contributed by atoms with Crippen LogP contribution in [0.25, 0.3) is 10.1 Å². The average molecular weight is 342 g/mol. The van der Waals surface area contributed by atoms with Gasteiger partial charge in [-0.1, -0.05) is 48.3 Å². The van der Waals surface area contributed by atoms with Gasteiger partial charge in [0.1, 0.15) is 0 Å². The maximum absolute atomic E-state index is 6.34. The predicted molar refractivity (Wildman–Crippen MR) is 91.7 cm³/mol. The zero-order valence-corrected chi connectivity index (χ0v) is 14.0. The van der Waals surface area contributed by atoms with Gasteiger partial charge in [0.15, 0.2) is 0 Å². The normalized spacial score (nSPS) is 12.9. The lowest BCUT2D eigenvalue weighted by Gasteiger charge is -2.17. The van der Waals surface area contributed by atoms with E-state index in [4.69, 9.17) is 23.2 Å². The molecule has 1 nitrogen and oxygen atoms in total. The Bertz CT molecular complexity index is 732. The number of hydrogen-bond acceptors (Lipinski definition) is 3. The van der Waals surface area contributed by atoms with Crippen LogP contribution in [0.2, 0.25) is 8.67 Å². The summed E-state index contributed by atoms with van der Waals surface area (Å²) in [6.07, 6.45) is 0. The standard InChI is InChI=1S/C15H13Cl2NS2/c1-2-18-14(10-7-13(16)20-15(10)17)11-8-19-12-6-4-3-5-9(11)12/h3-8,14,18H,2H2,1H3. The van der Waals surface area contributed by atoms with E-state index in [1.807, 2.05) is 6.07 Å². The van der Waals surface area contributed by atoms with Crippen molar-refractivity contribution in [2.24, 2.45) is 0 Å². The molecule has 2 aromatic heterocycles. The molecular formula is C15H13Cl2NS2. The van der Waals surface area contributed by atoms with Gasteiger partial charge in [-0.3, -0.25) is 0 Å². The Labute approximate surface area is 136 Å². The second-order valence-corrected chi connectivity index (χ2v) is 7.65. The minimum absolute atomic E-state index is 0.0902. The summed E-state index contributed by atoms with van der Waals surface area (Å²) in [5, 5.41) is 7.01. The molecule has 20 heavy (non-hydrogen) atoms. The first-order valence-electron chi connectivity index (χ1n) is 6.35. The molecule has 5 heteroatoms. The van der Waals surface area contributed by atoms with Crippen molar-refractivity contribution in [1.29, 1.82) is 0 Å². The van der Waals surface area contributed by atoms with Crippen molar-refractivity contribution in [3.63, 3.8) is 0 Å². The van der Waals surface area contributed by atoms with Crippen LogP contribution in [0.4, 0.5) is 0 Å². The Morgan fingerprint density at radius 1 is 1.20 bits per heavy atom. The molecule has 0 spiro atoms. The van der Waals surface area contributed by atoms with Gasteiger partial charge in [0, 0.05) is 10.3 Å². The highest BCUT2D eigenvalue weighted by molar-refractivity contribution is 7.20. The molecule has 0 saturated heterocycles. The van der Waals surface area contributed by atoms with Gasteiger partial charge in [0.25, 0.3) is 0 Å². The first-order chi connectivity index (χ1) is 9.70. The molecule has 0 saturated carbocycles. The van der Waals surface area contributed by atoms with Gasteiger partial charge in [-0.05, 0) is 35.0 Å². The monoisotopic (exact) mass is 341 g/mol. The molecule has 2 heterocycles.